The van der Waals surface area contributed by atoms with Gasteiger partial charge in [-0.2, -0.15) is 4.73 Å². The minimum atomic E-state index is -0.974. The number of anilines is 1. The van der Waals surface area contributed by atoms with Crippen LogP contribution in [-0.2, 0) is 20.7 Å². The molecule has 1 saturated heterocycles. The van der Waals surface area contributed by atoms with Gasteiger partial charge in [-0.05, 0) is 92.0 Å². The highest BCUT2D eigenvalue weighted by Crippen LogP contribution is 2.36. The molecule has 0 spiro atoms. The Morgan fingerprint density at radius 1 is 0.961 bits per heavy atom. The first-order valence-electron chi connectivity index (χ1n) is 16.6. The summed E-state index contributed by atoms with van der Waals surface area (Å²) in [6, 6.07) is 16.2. The Hall–Kier alpha value is -4.58. The maximum absolute atomic E-state index is 13.8. The molecule has 13 heteroatoms. The molecular formula is C38H40Cl2FN3O7. The van der Waals surface area contributed by atoms with E-state index in [0.717, 1.165) is 32.5 Å². The van der Waals surface area contributed by atoms with Crippen molar-refractivity contribution in [3.8, 4) is 11.5 Å². The lowest BCUT2D eigenvalue weighted by atomic mass is 9.98. The second kappa shape index (κ2) is 17.6. The molecule has 1 N–H and O–H groups in total. The number of hydrogen-bond donors (Lipinski definition) is 1. The Balaban J connectivity index is 1.37. The Bertz CT molecular complexity index is 1800. The summed E-state index contributed by atoms with van der Waals surface area (Å²) < 4.78 is 37.0. The van der Waals surface area contributed by atoms with Crippen molar-refractivity contribution in [2.45, 2.75) is 38.3 Å². The number of piperidine rings is 1. The zero-order valence-corrected chi connectivity index (χ0v) is 30.1. The van der Waals surface area contributed by atoms with Crippen molar-refractivity contribution < 1.29 is 37.7 Å². The van der Waals surface area contributed by atoms with Gasteiger partial charge in [-0.3, -0.25) is 0 Å². The lowest BCUT2D eigenvalue weighted by Gasteiger charge is -2.31. The lowest BCUT2D eigenvalue weighted by Crippen LogP contribution is -2.35. The van der Waals surface area contributed by atoms with Gasteiger partial charge in [-0.1, -0.05) is 54.4 Å². The molecule has 3 aromatic carbocycles. The van der Waals surface area contributed by atoms with Gasteiger partial charge < -0.3 is 34.4 Å². The summed E-state index contributed by atoms with van der Waals surface area (Å²) in [7, 11) is 3.00. The molecule has 1 aliphatic rings. The molecule has 2 atom stereocenters. The molecule has 51 heavy (non-hydrogen) atoms. The van der Waals surface area contributed by atoms with E-state index in [1.54, 1.807) is 42.5 Å². The third-order valence-electron chi connectivity index (χ3n) is 8.94. The fourth-order valence-electron chi connectivity index (χ4n) is 5.98. The van der Waals surface area contributed by atoms with Gasteiger partial charge in [0.1, 0.15) is 22.0 Å². The van der Waals surface area contributed by atoms with Crippen molar-refractivity contribution in [2.75, 3.05) is 45.8 Å². The summed E-state index contributed by atoms with van der Waals surface area (Å²) in [6.07, 6.45) is 3.33. The molecule has 5 rings (SSSR count). The number of ether oxygens (including phenoxy) is 4. The highest BCUT2D eigenvalue weighted by Gasteiger charge is 2.27. The van der Waals surface area contributed by atoms with Gasteiger partial charge in [0.15, 0.2) is 29.9 Å². The molecule has 4 aromatic rings. The summed E-state index contributed by atoms with van der Waals surface area (Å²) in [5.41, 5.74) is 2.08. The molecule has 1 aromatic heterocycles. The molecule has 2 heterocycles. The first-order valence-corrected chi connectivity index (χ1v) is 17.3. The Labute approximate surface area is 306 Å². The second-order valence-electron chi connectivity index (χ2n) is 12.2. The topological polar surface area (TPSA) is 113 Å². The number of rotatable bonds is 14. The van der Waals surface area contributed by atoms with E-state index >= 15 is 0 Å². The minimum absolute atomic E-state index is 0.0353. The standard InChI is InChI=1S/C38H40Cl2FN3O7/c1-4-43-16-14-24(15-17-43)23-50-38(46)36(25-8-11-28(41)12-9-25)42-29-7-5-6-27(18-29)37(45)51-34(20-30-31(39)21-44(47)22-32(30)40)26-10-13-33(48-2)35(19-26)49-3/h5-13,18-19,21-22,24,34,36,42H,4,14-17,20,23H2,1-3H3. The van der Waals surface area contributed by atoms with E-state index in [0.29, 0.717) is 38.6 Å². The van der Waals surface area contributed by atoms with Crippen molar-refractivity contribution in [1.29, 1.82) is 0 Å². The monoisotopic (exact) mass is 739 g/mol. The maximum Gasteiger partial charge on any atom is 0.338 e. The number of methoxy groups -OCH3 is 2. The maximum atomic E-state index is 13.8. The van der Waals surface area contributed by atoms with Gasteiger partial charge in [0.2, 0.25) is 0 Å². The quantitative estimate of drug-likeness (QED) is 0.0806. The van der Waals surface area contributed by atoms with Crippen LogP contribution < -0.4 is 19.5 Å². The third-order valence-corrected chi connectivity index (χ3v) is 9.59. The van der Waals surface area contributed by atoms with Gasteiger partial charge in [0.25, 0.3) is 0 Å². The highest BCUT2D eigenvalue weighted by molar-refractivity contribution is 6.35. The number of aromatic nitrogens is 1. The van der Waals surface area contributed by atoms with E-state index in [2.05, 4.69) is 17.1 Å². The zero-order chi connectivity index (χ0) is 36.5. The number of nitrogens with one attached hydrogen (secondary N) is 1. The summed E-state index contributed by atoms with van der Waals surface area (Å²) in [4.78, 5) is 29.6. The van der Waals surface area contributed by atoms with E-state index < -0.39 is 29.9 Å². The van der Waals surface area contributed by atoms with Crippen LogP contribution >= 0.6 is 23.2 Å². The van der Waals surface area contributed by atoms with Crippen LogP contribution in [0.3, 0.4) is 0 Å². The van der Waals surface area contributed by atoms with E-state index in [4.69, 9.17) is 42.1 Å². The molecule has 0 amide bonds. The number of carbonyl (C=O) groups excluding carboxylic acids is 2. The Morgan fingerprint density at radius 2 is 1.63 bits per heavy atom. The molecule has 10 nitrogen and oxygen atoms in total. The smallest absolute Gasteiger partial charge is 0.338 e. The molecule has 0 radical (unpaired) electrons. The van der Waals surface area contributed by atoms with Crippen LogP contribution in [0.25, 0.3) is 0 Å². The number of likely N-dealkylation sites (tertiary alicyclic amines) is 1. The molecule has 1 aliphatic heterocycles. The molecule has 2 unspecified atom stereocenters. The van der Waals surface area contributed by atoms with Crippen molar-refractivity contribution in [1.82, 2.24) is 4.90 Å². The molecular weight excluding hydrogens is 700 g/mol. The van der Waals surface area contributed by atoms with Gasteiger partial charge in [-0.25, -0.2) is 14.0 Å². The van der Waals surface area contributed by atoms with Crippen LogP contribution in [0, 0.1) is 16.9 Å². The third kappa shape index (κ3) is 9.81. The molecule has 270 valence electrons. The van der Waals surface area contributed by atoms with E-state index in [1.165, 1.54) is 50.9 Å². The van der Waals surface area contributed by atoms with Crippen molar-refractivity contribution in [3.05, 3.63) is 122 Å². The summed E-state index contributed by atoms with van der Waals surface area (Å²) in [5.74, 6) is -0.493. The molecule has 0 aliphatic carbocycles. The van der Waals surface area contributed by atoms with Crippen LogP contribution in [0.4, 0.5) is 10.1 Å². The van der Waals surface area contributed by atoms with Gasteiger partial charge in [0, 0.05) is 17.7 Å². The van der Waals surface area contributed by atoms with Crippen LogP contribution in [0.1, 0.15) is 59.0 Å². The summed E-state index contributed by atoms with van der Waals surface area (Å²) in [5, 5.41) is 15.3. The predicted molar refractivity (Wildman–Crippen MR) is 192 cm³/mol. The van der Waals surface area contributed by atoms with E-state index in [1.807, 2.05) is 0 Å². The van der Waals surface area contributed by atoms with Gasteiger partial charge in [0.05, 0.1) is 26.4 Å². The normalized spacial score (nSPS) is 14.7. The first kappa shape index (κ1) is 37.7. The summed E-state index contributed by atoms with van der Waals surface area (Å²) >= 11 is 12.8. The number of esters is 2. The SMILES string of the molecule is CCN1CCC(COC(=O)C(Nc2cccc(C(=O)OC(Cc3c(Cl)c[n+]([O-])cc3Cl)c3ccc(OC)c(OC)c3)c2)c2ccc(F)cc2)CC1. The van der Waals surface area contributed by atoms with E-state index in [9.17, 15) is 19.2 Å². The van der Waals surface area contributed by atoms with Crippen LogP contribution in [0.2, 0.25) is 10.0 Å². The molecule has 1 fully saturated rings. The van der Waals surface area contributed by atoms with Crippen LogP contribution in [0.5, 0.6) is 11.5 Å². The average Bonchev–Trinajstić information content (AvgIpc) is 3.14. The number of halogens is 3. The number of carbonyl (C=O) groups is 2. The van der Waals surface area contributed by atoms with Crippen LogP contribution in [-0.4, -0.2) is 57.3 Å². The summed E-state index contributed by atoms with van der Waals surface area (Å²) in [6.45, 7) is 5.32. The van der Waals surface area contributed by atoms with Gasteiger partial charge in [-0.15, -0.1) is 0 Å². The molecule has 0 bridgehead atoms. The fraction of sp³-hybridized carbons (Fsp3) is 0.342. The predicted octanol–water partition coefficient (Wildman–Crippen LogP) is 7.35. The fourth-order valence-corrected chi connectivity index (χ4v) is 6.58. The Kier molecular flexibility index (Phi) is 13.0. The van der Waals surface area contributed by atoms with E-state index in [-0.39, 0.29) is 34.6 Å². The number of hydrogen-bond acceptors (Lipinski definition) is 9. The van der Waals surface area contributed by atoms with Gasteiger partial charge >= 0.3 is 11.9 Å². The lowest BCUT2D eigenvalue weighted by molar-refractivity contribution is -0.605. The average molecular weight is 741 g/mol. The second-order valence-corrected chi connectivity index (χ2v) is 13.0. The number of benzene rings is 3. The Morgan fingerprint density at radius 3 is 2.27 bits per heavy atom. The van der Waals surface area contributed by atoms with Crippen LogP contribution in [0.15, 0.2) is 79.1 Å². The molecule has 0 saturated carbocycles. The largest absolute Gasteiger partial charge is 0.619 e. The van der Waals surface area contributed by atoms with Crippen molar-refractivity contribution >= 4 is 40.8 Å². The van der Waals surface area contributed by atoms with Crippen molar-refractivity contribution in [2.24, 2.45) is 5.92 Å². The first-order chi connectivity index (χ1) is 24.6. The van der Waals surface area contributed by atoms with Crippen molar-refractivity contribution in [3.63, 3.8) is 0 Å². The highest BCUT2D eigenvalue weighted by atomic mass is 35.5. The minimum Gasteiger partial charge on any atom is -0.619 e. The number of pyridine rings is 1. The number of nitrogens with zero attached hydrogens (tertiary/aromatic N) is 2. The zero-order valence-electron chi connectivity index (χ0n) is 28.6.